The lowest BCUT2D eigenvalue weighted by molar-refractivity contribution is -0.298. The van der Waals surface area contributed by atoms with E-state index >= 15 is 0 Å². The Morgan fingerprint density at radius 3 is 2.22 bits per heavy atom. The monoisotopic (exact) mass is 568 g/mol. The lowest BCUT2D eigenvalue weighted by Crippen LogP contribution is -2.21. The summed E-state index contributed by atoms with van der Waals surface area (Å²) in [4.78, 5) is 2.80. The van der Waals surface area contributed by atoms with Crippen LogP contribution in [0.1, 0.15) is 11.1 Å². The molecule has 0 spiro atoms. The summed E-state index contributed by atoms with van der Waals surface area (Å²) in [7, 11) is -1.78. The standard InChI is InChI=1S/C19H13BCl2F6N6OS/c1-36(35)15-13(17-30-20(33-31-17)10-4-2-3-8(5-10)18(23,24)25)32-34(16(15)29)14-11(21)6-9(7-12(14)22)19(26,27)28/h2-7,30,33H,29H2,1H3. The van der Waals surface area contributed by atoms with Crippen molar-refractivity contribution in [3.8, 4) is 22.7 Å². The van der Waals surface area contributed by atoms with Crippen LogP contribution in [0.4, 0.5) is 32.2 Å². The van der Waals surface area contributed by atoms with Gasteiger partial charge in [0, 0.05) is 6.26 Å². The maximum Gasteiger partial charge on any atom is 0.416 e. The number of benzene rings is 2. The van der Waals surface area contributed by atoms with Crippen molar-refractivity contribution in [3.05, 3.63) is 57.6 Å². The number of aromatic amines is 2. The molecule has 17 heteroatoms. The summed E-state index contributed by atoms with van der Waals surface area (Å²) in [6.45, 7) is -0.898. The van der Waals surface area contributed by atoms with Crippen molar-refractivity contribution in [1.82, 2.24) is 19.9 Å². The molecule has 0 aliphatic carbocycles. The van der Waals surface area contributed by atoms with E-state index in [1.54, 1.807) is 0 Å². The Morgan fingerprint density at radius 1 is 1.06 bits per heavy atom. The van der Waals surface area contributed by atoms with Crippen LogP contribution in [0.25, 0.3) is 22.7 Å². The van der Waals surface area contributed by atoms with Crippen LogP contribution in [0.2, 0.25) is 10.0 Å². The van der Waals surface area contributed by atoms with Gasteiger partial charge in [0.1, 0.15) is 16.4 Å². The number of anilines is 1. The van der Waals surface area contributed by atoms with Gasteiger partial charge in [0.15, 0.2) is 5.69 Å². The number of hydrogen-bond acceptors (Lipinski definition) is 4. The highest BCUT2D eigenvalue weighted by Gasteiger charge is 2.34. The van der Waals surface area contributed by atoms with E-state index in [1.807, 2.05) is 0 Å². The molecule has 0 aliphatic rings. The van der Waals surface area contributed by atoms with Crippen molar-refractivity contribution in [1.29, 1.82) is 0 Å². The highest BCUT2D eigenvalue weighted by atomic mass is 35.5. The molecule has 0 amide bonds. The molecular formula is C19H13BCl2F6N6OS. The lowest BCUT2D eigenvalue weighted by Gasteiger charge is -2.13. The van der Waals surface area contributed by atoms with Gasteiger partial charge in [-0.1, -0.05) is 47.5 Å². The number of alkyl halides is 6. The number of nitrogen functional groups attached to an aromatic ring is 1. The molecule has 2 aromatic carbocycles. The molecule has 7 nitrogen and oxygen atoms in total. The average molecular weight is 569 g/mol. The van der Waals surface area contributed by atoms with Crippen molar-refractivity contribution in [3.63, 3.8) is 0 Å². The first-order valence-electron chi connectivity index (χ1n) is 9.74. The SMILES string of the molecule is CS(=O)c1c(-c2n[nH][b-](-c3cccc(C(F)(F)F)c3)[nH+]2)nn(-c2c(Cl)cc(C(F)(F)F)cc2Cl)c1N. The summed E-state index contributed by atoms with van der Waals surface area (Å²) in [5, 5.41) is 10.0. The molecule has 36 heavy (non-hydrogen) atoms. The molecule has 2 aromatic heterocycles. The van der Waals surface area contributed by atoms with Gasteiger partial charge in [0.2, 0.25) is 0 Å². The number of halogens is 8. The van der Waals surface area contributed by atoms with Crippen LogP contribution in [0, 0.1) is 0 Å². The third-order valence-electron chi connectivity index (χ3n) is 5.08. The van der Waals surface area contributed by atoms with Crippen LogP contribution in [0.3, 0.4) is 0 Å². The van der Waals surface area contributed by atoms with Gasteiger partial charge in [-0.25, -0.2) is 4.68 Å². The minimum absolute atomic E-state index is 0.0211. The molecule has 0 fully saturated rings. The maximum absolute atomic E-state index is 13.1. The number of aromatic nitrogens is 5. The Kier molecular flexibility index (Phi) is 6.68. The number of nitrogens with two attached hydrogens (primary N) is 1. The van der Waals surface area contributed by atoms with Gasteiger partial charge in [0.05, 0.1) is 32.0 Å². The average Bonchev–Trinajstić information content (AvgIpc) is 3.37. The zero-order valence-electron chi connectivity index (χ0n) is 17.8. The van der Waals surface area contributed by atoms with Crippen LogP contribution in [0.15, 0.2) is 41.3 Å². The molecule has 4 N–H and O–H groups in total. The quantitative estimate of drug-likeness (QED) is 0.347. The van der Waals surface area contributed by atoms with E-state index in [4.69, 9.17) is 28.9 Å². The molecule has 0 radical (unpaired) electrons. The first kappa shape index (κ1) is 26.2. The molecule has 2 heterocycles. The summed E-state index contributed by atoms with van der Waals surface area (Å²) in [6, 6.07) is 5.79. The number of H-pyrrole nitrogens is 2. The van der Waals surface area contributed by atoms with Gasteiger partial charge in [-0.15, -0.1) is 5.46 Å². The number of hydrogen-bond donors (Lipinski definition) is 2. The van der Waals surface area contributed by atoms with E-state index < -0.39 is 51.0 Å². The molecule has 4 aromatic rings. The second kappa shape index (κ2) is 9.19. The fourth-order valence-corrected chi connectivity index (χ4v) is 4.90. The molecule has 4 rings (SSSR count). The second-order valence-electron chi connectivity index (χ2n) is 7.51. The molecule has 0 aliphatic heterocycles. The summed E-state index contributed by atoms with van der Waals surface area (Å²) < 4.78 is 92.0. The Hall–Kier alpha value is -2.91. The van der Waals surface area contributed by atoms with Crippen LogP contribution in [-0.4, -0.2) is 37.0 Å². The topological polar surface area (TPSA) is 104 Å². The predicted molar refractivity (Wildman–Crippen MR) is 122 cm³/mol. The molecular weight excluding hydrogens is 556 g/mol. The molecule has 0 saturated heterocycles. The van der Waals surface area contributed by atoms with Crippen LogP contribution < -0.4 is 10.6 Å². The highest BCUT2D eigenvalue weighted by Crippen LogP contribution is 2.39. The third kappa shape index (κ3) is 4.86. The van der Waals surface area contributed by atoms with E-state index in [2.05, 4.69) is 20.1 Å². The van der Waals surface area contributed by atoms with Gasteiger partial charge in [-0.2, -0.15) is 31.4 Å². The van der Waals surface area contributed by atoms with Gasteiger partial charge in [0.25, 0.3) is 12.5 Å². The minimum atomic E-state index is -4.71. The van der Waals surface area contributed by atoms with Gasteiger partial charge >= 0.3 is 12.4 Å². The minimum Gasteiger partial charge on any atom is -0.462 e. The van der Waals surface area contributed by atoms with E-state index in [-0.39, 0.29) is 33.4 Å². The zero-order valence-corrected chi connectivity index (χ0v) is 20.1. The molecule has 0 saturated carbocycles. The van der Waals surface area contributed by atoms with Gasteiger partial charge in [-0.3, -0.25) is 4.21 Å². The summed E-state index contributed by atoms with van der Waals surface area (Å²) in [5.41, 5.74) is 4.09. The molecule has 0 bridgehead atoms. The summed E-state index contributed by atoms with van der Waals surface area (Å²) >= 11 is 12.2. The van der Waals surface area contributed by atoms with E-state index in [0.717, 1.165) is 16.8 Å². The summed E-state index contributed by atoms with van der Waals surface area (Å²) in [5.74, 6) is -0.256. The van der Waals surface area contributed by atoms with Gasteiger partial charge in [-0.05, 0) is 17.2 Å². The summed E-state index contributed by atoms with van der Waals surface area (Å²) in [6.07, 6.45) is -7.99. The normalized spacial score (nSPS) is 13.2. The number of nitrogens with zero attached hydrogens (tertiary/aromatic N) is 3. The third-order valence-corrected chi connectivity index (χ3v) is 6.63. The van der Waals surface area contributed by atoms with Crippen molar-refractivity contribution in [2.24, 2.45) is 0 Å². The molecule has 1 atom stereocenters. The van der Waals surface area contributed by atoms with E-state index in [1.165, 1.54) is 18.4 Å². The second-order valence-corrected chi connectivity index (χ2v) is 9.64. The van der Waals surface area contributed by atoms with Crippen molar-refractivity contribution >= 4 is 46.4 Å². The zero-order chi connectivity index (χ0) is 26.6. The smallest absolute Gasteiger partial charge is 0.416 e. The fourth-order valence-electron chi connectivity index (χ4n) is 3.46. The van der Waals surface area contributed by atoms with Crippen molar-refractivity contribution in [2.75, 3.05) is 12.0 Å². The Bertz CT molecular complexity index is 1480. The highest BCUT2D eigenvalue weighted by molar-refractivity contribution is 7.84. The van der Waals surface area contributed by atoms with Crippen LogP contribution in [-0.2, 0) is 23.2 Å². The molecule has 1 unspecified atom stereocenters. The first-order chi connectivity index (χ1) is 16.7. The number of rotatable bonds is 4. The van der Waals surface area contributed by atoms with Crippen LogP contribution >= 0.6 is 23.2 Å². The Morgan fingerprint density at radius 2 is 1.67 bits per heavy atom. The van der Waals surface area contributed by atoms with E-state index in [9.17, 15) is 30.6 Å². The number of nitrogens with one attached hydrogen (secondary N) is 2. The predicted octanol–water partition coefficient (Wildman–Crippen LogP) is 4.76. The van der Waals surface area contributed by atoms with Crippen LogP contribution in [0.5, 0.6) is 0 Å². The molecule has 190 valence electrons. The van der Waals surface area contributed by atoms with Gasteiger partial charge < -0.3 is 15.6 Å². The van der Waals surface area contributed by atoms with Crippen molar-refractivity contribution in [2.45, 2.75) is 17.2 Å². The van der Waals surface area contributed by atoms with Crippen molar-refractivity contribution < 1.29 is 35.4 Å². The maximum atomic E-state index is 13.1. The Labute approximate surface area is 211 Å². The lowest BCUT2D eigenvalue weighted by atomic mass is 9.79. The largest absolute Gasteiger partial charge is 0.462 e. The first-order valence-corrected chi connectivity index (χ1v) is 12.1. The fraction of sp³-hybridized carbons (Fsp3) is 0.158. The van der Waals surface area contributed by atoms with E-state index in [0.29, 0.717) is 12.1 Å². The Balaban J connectivity index is 1.84.